The standard InChI is InChI=1S/C20H23N3.C18H27F3N2O/c1-22(16-18-5-3-2-4-6-18)19-11-13-23(14-12-19)20-9-7-17(15-21)8-10-20;1-2-22(14-15-23-11-4-3-5-12-23)13-10-16-6-8-17(9-7-16)24-18(19,20)21/h2-10,19H,11-14,16H2,1H3;6-9H,2-5,10-15H2,1H3. The molecule has 3 aromatic rings. The first-order valence-corrected chi connectivity index (χ1v) is 17.0. The number of nitriles is 1. The van der Waals surface area contributed by atoms with Gasteiger partial charge in [-0.15, -0.1) is 13.2 Å². The van der Waals surface area contributed by atoms with Crippen LogP contribution in [0.2, 0.25) is 0 Å². The first-order valence-electron chi connectivity index (χ1n) is 17.0. The second kappa shape index (κ2) is 18.7. The summed E-state index contributed by atoms with van der Waals surface area (Å²) in [5.41, 5.74) is 4.37. The summed E-state index contributed by atoms with van der Waals surface area (Å²) in [5.74, 6) is -0.163. The highest BCUT2D eigenvalue weighted by Crippen LogP contribution is 2.24. The predicted molar refractivity (Wildman–Crippen MR) is 184 cm³/mol. The van der Waals surface area contributed by atoms with E-state index in [2.05, 4.69) is 86.8 Å². The van der Waals surface area contributed by atoms with Crippen LogP contribution >= 0.6 is 0 Å². The number of rotatable bonds is 12. The molecular formula is C38H50F3N5O. The maximum atomic E-state index is 12.1. The molecule has 0 amide bonds. The van der Waals surface area contributed by atoms with Crippen molar-refractivity contribution in [3.63, 3.8) is 0 Å². The second-order valence-electron chi connectivity index (χ2n) is 12.6. The summed E-state index contributed by atoms with van der Waals surface area (Å²) in [5, 5.41) is 8.89. The molecule has 2 aliphatic rings. The van der Waals surface area contributed by atoms with Crippen LogP contribution in [0.25, 0.3) is 0 Å². The van der Waals surface area contributed by atoms with Gasteiger partial charge in [-0.1, -0.05) is 55.8 Å². The van der Waals surface area contributed by atoms with Gasteiger partial charge in [0, 0.05) is 51.0 Å². The van der Waals surface area contributed by atoms with Crippen LogP contribution in [0.1, 0.15) is 55.7 Å². The summed E-state index contributed by atoms with van der Waals surface area (Å²) in [6.45, 7) is 11.8. The SMILES string of the molecule is CCN(CCc1ccc(OC(F)(F)F)cc1)CCN1CCCCC1.CN(Cc1ccccc1)C1CCN(c2ccc(C#N)cc2)CC1. The first-order chi connectivity index (χ1) is 22.7. The Morgan fingerprint density at radius 1 is 0.830 bits per heavy atom. The van der Waals surface area contributed by atoms with Gasteiger partial charge in [-0.3, -0.25) is 4.90 Å². The van der Waals surface area contributed by atoms with Crippen molar-refractivity contribution >= 4 is 5.69 Å². The number of piperidine rings is 2. The van der Waals surface area contributed by atoms with Crippen LogP contribution in [-0.2, 0) is 13.0 Å². The van der Waals surface area contributed by atoms with Crippen LogP contribution in [-0.4, -0.2) is 86.5 Å². The molecule has 2 fully saturated rings. The van der Waals surface area contributed by atoms with E-state index in [0.717, 1.165) is 63.4 Å². The quantitative estimate of drug-likeness (QED) is 0.202. The van der Waals surface area contributed by atoms with Crippen molar-refractivity contribution in [1.82, 2.24) is 14.7 Å². The van der Waals surface area contributed by atoms with E-state index in [9.17, 15) is 13.2 Å². The smallest absolute Gasteiger partial charge is 0.406 e. The molecule has 0 N–H and O–H groups in total. The summed E-state index contributed by atoms with van der Waals surface area (Å²) < 4.78 is 40.3. The van der Waals surface area contributed by atoms with E-state index in [1.54, 1.807) is 12.1 Å². The Labute approximate surface area is 279 Å². The van der Waals surface area contributed by atoms with Crippen LogP contribution in [0.3, 0.4) is 0 Å². The third-order valence-corrected chi connectivity index (χ3v) is 9.23. The molecule has 0 saturated carbocycles. The predicted octanol–water partition coefficient (Wildman–Crippen LogP) is 7.59. The van der Waals surface area contributed by atoms with E-state index in [0.29, 0.717) is 6.04 Å². The lowest BCUT2D eigenvalue weighted by atomic mass is 10.0. The summed E-state index contributed by atoms with van der Waals surface area (Å²) >= 11 is 0. The molecule has 2 saturated heterocycles. The van der Waals surface area contributed by atoms with Crippen molar-refractivity contribution < 1.29 is 17.9 Å². The Balaban J connectivity index is 0.000000213. The molecule has 9 heteroatoms. The minimum Gasteiger partial charge on any atom is -0.406 e. The van der Waals surface area contributed by atoms with Gasteiger partial charge < -0.3 is 19.4 Å². The summed E-state index contributed by atoms with van der Waals surface area (Å²) in [4.78, 5) is 9.82. The Kier molecular flexibility index (Phi) is 14.4. The average Bonchev–Trinajstić information content (AvgIpc) is 3.09. The molecule has 0 unspecified atom stereocenters. The van der Waals surface area contributed by atoms with Crippen molar-refractivity contribution in [3.05, 3.63) is 95.6 Å². The van der Waals surface area contributed by atoms with E-state index < -0.39 is 6.36 Å². The fourth-order valence-electron chi connectivity index (χ4n) is 6.35. The number of anilines is 1. The number of nitrogens with zero attached hydrogens (tertiary/aromatic N) is 5. The molecular weight excluding hydrogens is 599 g/mol. The number of halogens is 3. The fourth-order valence-corrected chi connectivity index (χ4v) is 6.35. The van der Waals surface area contributed by atoms with Gasteiger partial charge in [0.05, 0.1) is 11.6 Å². The van der Waals surface area contributed by atoms with Crippen LogP contribution in [0.4, 0.5) is 18.9 Å². The maximum absolute atomic E-state index is 12.1. The van der Waals surface area contributed by atoms with Gasteiger partial charge in [0.1, 0.15) is 5.75 Å². The topological polar surface area (TPSA) is 46.0 Å². The first kappa shape index (κ1) is 36.3. The Hall–Kier alpha value is -3.58. The largest absolute Gasteiger partial charge is 0.573 e. The molecule has 3 aromatic carbocycles. The third kappa shape index (κ3) is 12.9. The van der Waals surface area contributed by atoms with Crippen LogP contribution < -0.4 is 9.64 Å². The van der Waals surface area contributed by atoms with Crippen LogP contribution in [0.15, 0.2) is 78.9 Å². The van der Waals surface area contributed by atoms with Gasteiger partial charge in [0.15, 0.2) is 0 Å². The third-order valence-electron chi connectivity index (χ3n) is 9.23. The van der Waals surface area contributed by atoms with E-state index in [1.165, 1.54) is 68.6 Å². The minimum absolute atomic E-state index is 0.163. The number of likely N-dealkylation sites (tertiary alicyclic amines) is 1. The van der Waals surface area contributed by atoms with Gasteiger partial charge in [0.25, 0.3) is 0 Å². The molecule has 2 aliphatic heterocycles. The normalized spacial score (nSPS) is 16.1. The van der Waals surface area contributed by atoms with Crippen molar-refractivity contribution in [1.29, 1.82) is 5.26 Å². The molecule has 0 aliphatic carbocycles. The van der Waals surface area contributed by atoms with Gasteiger partial charge in [-0.05, 0) is 106 Å². The minimum atomic E-state index is -4.63. The molecule has 0 atom stereocenters. The molecule has 47 heavy (non-hydrogen) atoms. The average molecular weight is 650 g/mol. The highest BCUT2D eigenvalue weighted by molar-refractivity contribution is 5.50. The summed E-state index contributed by atoms with van der Waals surface area (Å²) in [7, 11) is 2.23. The lowest BCUT2D eigenvalue weighted by molar-refractivity contribution is -0.274. The van der Waals surface area contributed by atoms with Gasteiger partial charge in [0.2, 0.25) is 0 Å². The van der Waals surface area contributed by atoms with Crippen molar-refractivity contribution in [2.45, 2.75) is 64.4 Å². The van der Waals surface area contributed by atoms with Crippen molar-refractivity contribution in [2.24, 2.45) is 0 Å². The van der Waals surface area contributed by atoms with Gasteiger partial charge in [-0.2, -0.15) is 5.26 Å². The monoisotopic (exact) mass is 649 g/mol. The maximum Gasteiger partial charge on any atom is 0.573 e. The number of likely N-dealkylation sites (N-methyl/N-ethyl adjacent to an activating group) is 1. The molecule has 0 spiro atoms. The Bertz CT molecular complexity index is 1330. The molecule has 0 radical (unpaired) electrons. The second-order valence-corrected chi connectivity index (χ2v) is 12.6. The van der Waals surface area contributed by atoms with Crippen molar-refractivity contribution in [2.75, 3.05) is 64.3 Å². The summed E-state index contributed by atoms with van der Waals surface area (Å²) in [6, 6.07) is 27.6. The number of ether oxygens (including phenoxy) is 1. The number of benzene rings is 3. The zero-order chi connectivity index (χ0) is 33.5. The van der Waals surface area contributed by atoms with Crippen molar-refractivity contribution in [3.8, 4) is 11.8 Å². The van der Waals surface area contributed by atoms with E-state index in [4.69, 9.17) is 5.26 Å². The van der Waals surface area contributed by atoms with Crippen LogP contribution in [0, 0.1) is 11.3 Å². The number of hydrogen-bond acceptors (Lipinski definition) is 6. The molecule has 5 rings (SSSR count). The lowest BCUT2D eigenvalue weighted by Crippen LogP contribution is -2.43. The summed E-state index contributed by atoms with van der Waals surface area (Å²) in [6.07, 6.45) is 2.53. The molecule has 0 aromatic heterocycles. The number of alkyl halides is 3. The lowest BCUT2D eigenvalue weighted by Gasteiger charge is -2.38. The fraction of sp³-hybridized carbons (Fsp3) is 0.500. The highest BCUT2D eigenvalue weighted by atomic mass is 19.4. The molecule has 6 nitrogen and oxygen atoms in total. The number of hydrogen-bond donors (Lipinski definition) is 0. The van der Waals surface area contributed by atoms with Gasteiger partial charge >= 0.3 is 6.36 Å². The molecule has 2 heterocycles. The zero-order valence-corrected chi connectivity index (χ0v) is 28.0. The molecule has 254 valence electrons. The van der Waals surface area contributed by atoms with E-state index in [1.807, 2.05) is 12.1 Å². The Morgan fingerprint density at radius 3 is 2.09 bits per heavy atom. The highest BCUT2D eigenvalue weighted by Gasteiger charge is 2.31. The van der Waals surface area contributed by atoms with E-state index in [-0.39, 0.29) is 5.75 Å². The van der Waals surface area contributed by atoms with Gasteiger partial charge in [-0.25, -0.2) is 0 Å². The molecule has 0 bridgehead atoms. The zero-order valence-electron chi connectivity index (χ0n) is 28.0. The van der Waals surface area contributed by atoms with E-state index >= 15 is 0 Å². The van der Waals surface area contributed by atoms with Crippen LogP contribution in [0.5, 0.6) is 5.75 Å². The Morgan fingerprint density at radius 2 is 1.49 bits per heavy atom.